The summed E-state index contributed by atoms with van der Waals surface area (Å²) in [5.41, 5.74) is 0.505. The highest BCUT2D eigenvalue weighted by Gasteiger charge is 2.51. The summed E-state index contributed by atoms with van der Waals surface area (Å²) in [6.45, 7) is 1.11. The van der Waals surface area contributed by atoms with Crippen molar-refractivity contribution in [1.82, 2.24) is 14.8 Å². The van der Waals surface area contributed by atoms with Gasteiger partial charge in [-0.3, -0.25) is 14.4 Å². The summed E-state index contributed by atoms with van der Waals surface area (Å²) >= 11 is 5.86. The summed E-state index contributed by atoms with van der Waals surface area (Å²) in [6, 6.07) is 9.85. The topological polar surface area (TPSA) is 106 Å². The van der Waals surface area contributed by atoms with Gasteiger partial charge in [-0.05, 0) is 49.1 Å². The molecular formula is C22H24ClN3O5S. The van der Waals surface area contributed by atoms with Crippen LogP contribution >= 0.6 is 11.6 Å². The number of aromatic nitrogens is 1. The molecule has 0 saturated heterocycles. The third kappa shape index (κ3) is 4.31. The summed E-state index contributed by atoms with van der Waals surface area (Å²) < 4.78 is 24.6. The van der Waals surface area contributed by atoms with Gasteiger partial charge in [0.15, 0.2) is 9.84 Å². The molecule has 170 valence electrons. The van der Waals surface area contributed by atoms with Crippen LogP contribution in [-0.4, -0.2) is 53.8 Å². The van der Waals surface area contributed by atoms with Crippen LogP contribution in [0.5, 0.6) is 0 Å². The van der Waals surface area contributed by atoms with E-state index in [-0.39, 0.29) is 30.3 Å². The Hall–Kier alpha value is -2.65. The SMILES string of the molecule is CS(=O)(=O)C1(CCN2CCn3c(ccc(C(=O)NCc4ccc(Cl)cc4)c3=O)C2=O)CC1. The molecule has 0 radical (unpaired) electrons. The van der Waals surface area contributed by atoms with Crippen molar-refractivity contribution in [3.8, 4) is 0 Å². The number of benzene rings is 1. The van der Waals surface area contributed by atoms with Crippen molar-refractivity contribution in [2.75, 3.05) is 19.3 Å². The molecule has 4 rings (SSSR count). The number of nitrogens with one attached hydrogen (secondary N) is 1. The van der Waals surface area contributed by atoms with Crippen molar-refractivity contribution in [2.24, 2.45) is 0 Å². The van der Waals surface area contributed by atoms with Gasteiger partial charge >= 0.3 is 0 Å². The third-order valence-electron chi connectivity index (χ3n) is 6.32. The number of amides is 2. The molecule has 1 fully saturated rings. The molecule has 10 heteroatoms. The average molecular weight is 478 g/mol. The summed E-state index contributed by atoms with van der Waals surface area (Å²) in [4.78, 5) is 39.9. The Kier molecular flexibility index (Phi) is 5.89. The molecule has 1 aromatic heterocycles. The molecule has 0 spiro atoms. The van der Waals surface area contributed by atoms with E-state index >= 15 is 0 Å². The maximum absolute atomic E-state index is 12.9. The van der Waals surface area contributed by atoms with Crippen LogP contribution in [0.15, 0.2) is 41.2 Å². The lowest BCUT2D eigenvalue weighted by Gasteiger charge is -2.30. The van der Waals surface area contributed by atoms with Gasteiger partial charge in [-0.15, -0.1) is 0 Å². The van der Waals surface area contributed by atoms with E-state index in [1.807, 2.05) is 0 Å². The molecule has 1 aliphatic heterocycles. The van der Waals surface area contributed by atoms with Gasteiger partial charge in [0.25, 0.3) is 17.4 Å². The van der Waals surface area contributed by atoms with Crippen molar-refractivity contribution >= 4 is 33.3 Å². The molecule has 2 aromatic rings. The highest BCUT2D eigenvalue weighted by molar-refractivity contribution is 7.92. The number of sulfone groups is 1. The highest BCUT2D eigenvalue weighted by atomic mass is 35.5. The fourth-order valence-electron chi connectivity index (χ4n) is 4.02. The van der Waals surface area contributed by atoms with Crippen molar-refractivity contribution in [3.05, 3.63) is 68.6 Å². The van der Waals surface area contributed by atoms with E-state index < -0.39 is 26.1 Å². The molecule has 8 nitrogen and oxygen atoms in total. The zero-order chi connectivity index (χ0) is 23.1. The fourth-order valence-corrected chi connectivity index (χ4v) is 5.45. The number of hydrogen-bond donors (Lipinski definition) is 1. The Labute approximate surface area is 191 Å². The molecule has 0 unspecified atom stereocenters. The summed E-state index contributed by atoms with van der Waals surface area (Å²) in [5, 5.41) is 3.31. The Balaban J connectivity index is 1.44. The second kappa shape index (κ2) is 8.37. The first-order valence-electron chi connectivity index (χ1n) is 10.4. The summed E-state index contributed by atoms with van der Waals surface area (Å²) in [5.74, 6) is -0.843. The quantitative estimate of drug-likeness (QED) is 0.655. The Morgan fingerprint density at radius 2 is 1.78 bits per heavy atom. The van der Waals surface area contributed by atoms with Crippen molar-refractivity contribution < 1.29 is 18.0 Å². The molecule has 2 aliphatic rings. The van der Waals surface area contributed by atoms with Crippen LogP contribution in [0.4, 0.5) is 0 Å². The van der Waals surface area contributed by atoms with E-state index in [4.69, 9.17) is 11.6 Å². The molecule has 0 bridgehead atoms. The van der Waals surface area contributed by atoms with Gasteiger partial charge < -0.3 is 14.8 Å². The Morgan fingerprint density at radius 3 is 2.41 bits per heavy atom. The first kappa shape index (κ1) is 22.5. The molecule has 1 aliphatic carbocycles. The average Bonchev–Trinajstić information content (AvgIpc) is 3.54. The zero-order valence-corrected chi connectivity index (χ0v) is 19.2. The summed E-state index contributed by atoms with van der Waals surface area (Å²) in [7, 11) is -3.16. The van der Waals surface area contributed by atoms with Gasteiger partial charge in [-0.25, -0.2) is 8.42 Å². The number of pyridine rings is 1. The number of halogens is 1. The molecule has 1 aromatic carbocycles. The molecular weight excluding hydrogens is 454 g/mol. The van der Waals surface area contributed by atoms with E-state index in [2.05, 4.69) is 5.32 Å². The number of carbonyl (C=O) groups excluding carboxylic acids is 2. The highest BCUT2D eigenvalue weighted by Crippen LogP contribution is 2.46. The van der Waals surface area contributed by atoms with Gasteiger partial charge in [-0.1, -0.05) is 23.7 Å². The predicted molar refractivity (Wildman–Crippen MR) is 121 cm³/mol. The lowest BCUT2D eigenvalue weighted by atomic mass is 10.1. The van der Waals surface area contributed by atoms with Gasteiger partial charge in [-0.2, -0.15) is 0 Å². The van der Waals surface area contributed by atoms with Crippen LogP contribution in [0.1, 0.15) is 45.7 Å². The number of fused-ring (bicyclic) bond motifs is 1. The molecule has 1 saturated carbocycles. The number of nitrogens with zero attached hydrogens (tertiary/aromatic N) is 2. The molecule has 2 amide bonds. The van der Waals surface area contributed by atoms with Crippen molar-refractivity contribution in [3.63, 3.8) is 0 Å². The smallest absolute Gasteiger partial charge is 0.270 e. The molecule has 0 atom stereocenters. The summed E-state index contributed by atoms with van der Waals surface area (Å²) in [6.07, 6.45) is 2.89. The Morgan fingerprint density at radius 1 is 1.09 bits per heavy atom. The normalized spacial score (nSPS) is 17.1. The van der Waals surface area contributed by atoms with E-state index in [0.29, 0.717) is 37.4 Å². The predicted octanol–water partition coefficient (Wildman–Crippen LogP) is 1.85. The van der Waals surface area contributed by atoms with Crippen molar-refractivity contribution in [1.29, 1.82) is 0 Å². The monoisotopic (exact) mass is 477 g/mol. The lowest BCUT2D eigenvalue weighted by Crippen LogP contribution is -2.47. The van der Waals surface area contributed by atoms with Crippen LogP contribution in [0.2, 0.25) is 5.02 Å². The number of carbonyl (C=O) groups is 2. The third-order valence-corrected chi connectivity index (χ3v) is 8.75. The first-order chi connectivity index (χ1) is 15.1. The van der Waals surface area contributed by atoms with Gasteiger partial charge in [0.2, 0.25) is 0 Å². The van der Waals surface area contributed by atoms with Gasteiger partial charge in [0.1, 0.15) is 11.3 Å². The molecule has 32 heavy (non-hydrogen) atoms. The van der Waals surface area contributed by atoms with Crippen LogP contribution in [0.3, 0.4) is 0 Å². The Bertz CT molecular complexity index is 1230. The lowest BCUT2D eigenvalue weighted by molar-refractivity contribution is 0.0695. The van der Waals surface area contributed by atoms with Gasteiger partial charge in [0.05, 0.1) is 4.75 Å². The van der Waals surface area contributed by atoms with E-state index in [1.165, 1.54) is 23.0 Å². The minimum Gasteiger partial charge on any atom is -0.348 e. The van der Waals surface area contributed by atoms with E-state index in [0.717, 1.165) is 5.56 Å². The van der Waals surface area contributed by atoms with Crippen molar-refractivity contribution in [2.45, 2.75) is 37.1 Å². The minimum atomic E-state index is -3.16. The van der Waals surface area contributed by atoms with Crippen LogP contribution < -0.4 is 10.9 Å². The second-order valence-electron chi connectivity index (χ2n) is 8.40. The second-order valence-corrected chi connectivity index (χ2v) is 11.2. The minimum absolute atomic E-state index is 0.0297. The standard InChI is InChI=1S/C22H24ClN3O5S/c1-32(30,31)22(8-9-22)10-11-25-12-13-26-18(21(25)29)7-6-17(20(26)28)19(27)24-14-15-2-4-16(23)5-3-15/h2-7H,8-14H2,1H3,(H,24,27). The maximum atomic E-state index is 12.9. The van der Waals surface area contributed by atoms with Crippen LogP contribution in [0.25, 0.3) is 0 Å². The maximum Gasteiger partial charge on any atom is 0.270 e. The fraction of sp³-hybridized carbons (Fsp3) is 0.409. The molecule has 1 N–H and O–H groups in total. The van der Waals surface area contributed by atoms with Gasteiger partial charge in [0, 0.05) is 37.5 Å². The number of rotatable bonds is 7. The van der Waals surface area contributed by atoms with Crippen LogP contribution in [-0.2, 0) is 22.9 Å². The largest absolute Gasteiger partial charge is 0.348 e. The molecule has 2 heterocycles. The zero-order valence-electron chi connectivity index (χ0n) is 17.6. The van der Waals surface area contributed by atoms with E-state index in [9.17, 15) is 22.8 Å². The van der Waals surface area contributed by atoms with E-state index in [1.54, 1.807) is 29.2 Å². The first-order valence-corrected chi connectivity index (χ1v) is 12.6. The van der Waals surface area contributed by atoms with Crippen LogP contribution in [0, 0.1) is 0 Å². The number of hydrogen-bond acceptors (Lipinski definition) is 5.